The summed E-state index contributed by atoms with van der Waals surface area (Å²) in [5, 5.41) is 18.7. The summed E-state index contributed by atoms with van der Waals surface area (Å²) in [5.74, 6) is 1.82. The molecule has 1 saturated heterocycles. The van der Waals surface area contributed by atoms with Gasteiger partial charge >= 0.3 is 0 Å². The van der Waals surface area contributed by atoms with Crippen LogP contribution in [0.25, 0.3) is 0 Å². The molecule has 2 heterocycles. The Balaban J connectivity index is 1.54. The van der Waals surface area contributed by atoms with Gasteiger partial charge in [-0.2, -0.15) is 0 Å². The molecule has 2 fully saturated rings. The van der Waals surface area contributed by atoms with E-state index in [0.717, 1.165) is 22.8 Å². The van der Waals surface area contributed by atoms with E-state index in [-0.39, 0.29) is 6.61 Å². The molecular formula is C14H24N4OS. The van der Waals surface area contributed by atoms with E-state index < -0.39 is 0 Å². The summed E-state index contributed by atoms with van der Waals surface area (Å²) in [4.78, 5) is 2.49. The van der Waals surface area contributed by atoms with Gasteiger partial charge in [-0.3, -0.25) is 0 Å². The molecule has 5 nitrogen and oxygen atoms in total. The van der Waals surface area contributed by atoms with E-state index in [1.54, 1.807) is 11.8 Å². The first kappa shape index (κ1) is 14.4. The molecule has 1 aromatic heterocycles. The van der Waals surface area contributed by atoms with Crippen LogP contribution in [0.5, 0.6) is 0 Å². The fourth-order valence-corrected chi connectivity index (χ4v) is 4.07. The Hall–Kier alpha value is -0.590. The highest BCUT2D eigenvalue weighted by Gasteiger charge is 2.29. The third-order valence-corrected chi connectivity index (χ3v) is 5.37. The number of aromatic nitrogens is 3. The lowest BCUT2D eigenvalue weighted by molar-refractivity contribution is 0.182. The summed E-state index contributed by atoms with van der Waals surface area (Å²) in [6, 6.07) is 1.26. The first-order valence-electron chi connectivity index (χ1n) is 7.67. The average Bonchev–Trinajstić information content (AvgIpc) is 3.22. The van der Waals surface area contributed by atoms with Crippen LogP contribution in [0.3, 0.4) is 0 Å². The maximum atomic E-state index is 9.33. The molecule has 1 saturated carbocycles. The van der Waals surface area contributed by atoms with Crippen LogP contribution in [0.4, 0.5) is 0 Å². The first-order chi connectivity index (χ1) is 9.79. The number of aliphatic hydroxyl groups excluding tert-OH is 1. The highest BCUT2D eigenvalue weighted by Crippen LogP contribution is 2.39. The lowest BCUT2D eigenvalue weighted by Gasteiger charge is -2.32. The SMILES string of the molecule is CN1CCCCC1CCSc1nnc(CO)n1C1CC1. The molecule has 0 aromatic carbocycles. The quantitative estimate of drug-likeness (QED) is 0.815. The second-order valence-corrected chi connectivity index (χ2v) is 6.99. The van der Waals surface area contributed by atoms with E-state index in [9.17, 15) is 5.11 Å². The molecule has 112 valence electrons. The highest BCUT2D eigenvalue weighted by molar-refractivity contribution is 7.99. The zero-order valence-electron chi connectivity index (χ0n) is 12.2. The number of aliphatic hydroxyl groups is 1. The maximum absolute atomic E-state index is 9.33. The van der Waals surface area contributed by atoms with E-state index in [1.165, 1.54) is 45.1 Å². The Kier molecular flexibility index (Phi) is 4.63. The molecule has 1 aliphatic heterocycles. The van der Waals surface area contributed by atoms with Crippen molar-refractivity contribution in [1.29, 1.82) is 0 Å². The molecule has 1 unspecified atom stereocenters. The molecule has 1 N–H and O–H groups in total. The molecule has 20 heavy (non-hydrogen) atoms. The number of nitrogens with zero attached hydrogens (tertiary/aromatic N) is 4. The minimum Gasteiger partial charge on any atom is -0.388 e. The number of thioether (sulfide) groups is 1. The van der Waals surface area contributed by atoms with Gasteiger partial charge in [0.1, 0.15) is 6.61 Å². The van der Waals surface area contributed by atoms with Crippen LogP contribution in [0.15, 0.2) is 5.16 Å². The summed E-state index contributed by atoms with van der Waals surface area (Å²) in [7, 11) is 2.24. The van der Waals surface area contributed by atoms with Crippen molar-refractivity contribution in [2.45, 2.75) is 62.4 Å². The monoisotopic (exact) mass is 296 g/mol. The van der Waals surface area contributed by atoms with E-state index in [2.05, 4.69) is 26.7 Å². The lowest BCUT2D eigenvalue weighted by Crippen LogP contribution is -2.36. The van der Waals surface area contributed by atoms with Gasteiger partial charge in [-0.25, -0.2) is 0 Å². The predicted octanol–water partition coefficient (Wildman–Crippen LogP) is 2.07. The normalized spacial score (nSPS) is 24.2. The van der Waals surface area contributed by atoms with Crippen LogP contribution in [0.1, 0.15) is 50.4 Å². The van der Waals surface area contributed by atoms with Crippen LogP contribution in [0, 0.1) is 0 Å². The van der Waals surface area contributed by atoms with Gasteiger partial charge in [-0.05, 0) is 45.7 Å². The molecule has 0 spiro atoms. The minimum absolute atomic E-state index is 0.00454. The third-order valence-electron chi connectivity index (χ3n) is 4.39. The van der Waals surface area contributed by atoms with Gasteiger partial charge < -0.3 is 14.6 Å². The van der Waals surface area contributed by atoms with E-state index >= 15 is 0 Å². The van der Waals surface area contributed by atoms with Crippen LogP contribution >= 0.6 is 11.8 Å². The predicted molar refractivity (Wildman–Crippen MR) is 79.8 cm³/mol. The van der Waals surface area contributed by atoms with Gasteiger partial charge in [-0.15, -0.1) is 10.2 Å². The largest absolute Gasteiger partial charge is 0.388 e. The highest BCUT2D eigenvalue weighted by atomic mass is 32.2. The average molecular weight is 296 g/mol. The summed E-state index contributed by atoms with van der Waals surface area (Å²) in [6.45, 7) is 1.23. The van der Waals surface area contributed by atoms with Gasteiger partial charge in [-0.1, -0.05) is 18.2 Å². The van der Waals surface area contributed by atoms with Gasteiger partial charge in [0.15, 0.2) is 11.0 Å². The van der Waals surface area contributed by atoms with E-state index in [1.807, 2.05) is 0 Å². The zero-order chi connectivity index (χ0) is 13.9. The van der Waals surface area contributed by atoms with Crippen molar-refractivity contribution in [2.24, 2.45) is 0 Å². The number of likely N-dealkylation sites (tertiary alicyclic amines) is 1. The molecule has 3 rings (SSSR count). The fraction of sp³-hybridized carbons (Fsp3) is 0.857. The van der Waals surface area contributed by atoms with Crippen molar-refractivity contribution in [1.82, 2.24) is 19.7 Å². The number of hydrogen-bond acceptors (Lipinski definition) is 5. The van der Waals surface area contributed by atoms with Gasteiger partial charge in [0, 0.05) is 17.8 Å². The van der Waals surface area contributed by atoms with E-state index in [0.29, 0.717) is 6.04 Å². The van der Waals surface area contributed by atoms with Crippen molar-refractivity contribution in [3.05, 3.63) is 5.82 Å². The molecule has 0 amide bonds. The first-order valence-corrected chi connectivity index (χ1v) is 8.66. The summed E-state index contributed by atoms with van der Waals surface area (Å²) in [5.41, 5.74) is 0. The topological polar surface area (TPSA) is 54.2 Å². The Bertz CT molecular complexity index is 446. The number of hydrogen-bond donors (Lipinski definition) is 1. The molecule has 0 bridgehead atoms. The second-order valence-electron chi connectivity index (χ2n) is 5.93. The molecule has 0 radical (unpaired) electrons. The fourth-order valence-electron chi connectivity index (χ4n) is 3.01. The van der Waals surface area contributed by atoms with Gasteiger partial charge in [0.2, 0.25) is 0 Å². The standard InChI is InChI=1S/C14H24N4OS/c1-17-8-3-2-4-11(17)7-9-20-14-16-15-13(10-19)18(14)12-5-6-12/h11-12,19H,2-10H2,1H3. The molecular weight excluding hydrogens is 272 g/mol. The molecule has 1 atom stereocenters. The lowest BCUT2D eigenvalue weighted by atomic mass is 10.0. The number of piperidine rings is 1. The summed E-state index contributed by atoms with van der Waals surface area (Å²) >= 11 is 1.80. The minimum atomic E-state index is -0.00454. The summed E-state index contributed by atoms with van der Waals surface area (Å²) < 4.78 is 2.15. The maximum Gasteiger partial charge on any atom is 0.191 e. The van der Waals surface area contributed by atoms with Crippen LogP contribution in [0.2, 0.25) is 0 Å². The van der Waals surface area contributed by atoms with Crippen molar-refractivity contribution in [2.75, 3.05) is 19.3 Å². The Morgan fingerprint density at radius 1 is 1.25 bits per heavy atom. The molecule has 1 aliphatic carbocycles. The van der Waals surface area contributed by atoms with Crippen molar-refractivity contribution in [3.63, 3.8) is 0 Å². The second kappa shape index (κ2) is 6.45. The van der Waals surface area contributed by atoms with Gasteiger partial charge in [0.25, 0.3) is 0 Å². The van der Waals surface area contributed by atoms with Crippen molar-refractivity contribution >= 4 is 11.8 Å². The zero-order valence-corrected chi connectivity index (χ0v) is 13.0. The van der Waals surface area contributed by atoms with Gasteiger partial charge in [0.05, 0.1) is 0 Å². The Morgan fingerprint density at radius 3 is 2.80 bits per heavy atom. The van der Waals surface area contributed by atoms with Crippen molar-refractivity contribution in [3.8, 4) is 0 Å². The van der Waals surface area contributed by atoms with Crippen LogP contribution < -0.4 is 0 Å². The Labute approximate surface area is 124 Å². The van der Waals surface area contributed by atoms with Crippen molar-refractivity contribution < 1.29 is 5.11 Å². The van der Waals surface area contributed by atoms with Crippen LogP contribution in [-0.4, -0.2) is 50.2 Å². The van der Waals surface area contributed by atoms with Crippen LogP contribution in [-0.2, 0) is 6.61 Å². The van der Waals surface area contributed by atoms with E-state index in [4.69, 9.17) is 0 Å². The molecule has 2 aliphatic rings. The molecule has 6 heteroatoms. The Morgan fingerprint density at radius 2 is 2.10 bits per heavy atom. The summed E-state index contributed by atoms with van der Waals surface area (Å²) in [6.07, 6.45) is 7.65. The number of rotatable bonds is 6. The molecule has 1 aromatic rings. The third kappa shape index (κ3) is 3.18. The smallest absolute Gasteiger partial charge is 0.191 e.